The van der Waals surface area contributed by atoms with Crippen molar-refractivity contribution in [3.63, 3.8) is 0 Å². The van der Waals surface area contributed by atoms with E-state index in [4.69, 9.17) is 77.4 Å². The van der Waals surface area contributed by atoms with E-state index in [1.807, 2.05) is 0 Å². The molecule has 23 radical (unpaired) electrons. The van der Waals surface area contributed by atoms with Gasteiger partial charge in [-0.15, -0.1) is 0 Å². The maximum atomic E-state index is 6.11. The molecule has 0 aliphatic rings. The fraction of sp³-hybridized carbons (Fsp3) is 0. The predicted octanol–water partition coefficient (Wildman–Crippen LogP) is -9.29. The van der Waals surface area contributed by atoms with Gasteiger partial charge in [0.15, 0.2) is 0 Å². The third kappa shape index (κ3) is 6.96. The molecule has 23 heteroatoms. The summed E-state index contributed by atoms with van der Waals surface area (Å²) in [7, 11) is 68.3. The Morgan fingerprint density at radius 2 is 0.870 bits per heavy atom. The van der Waals surface area contributed by atoms with Gasteiger partial charge in [-0.1, -0.05) is 0 Å². The van der Waals surface area contributed by atoms with Crippen LogP contribution in [0.4, 0.5) is 0 Å². The molecule has 0 spiro atoms. The Morgan fingerprint density at radius 1 is 0.522 bits per heavy atom. The van der Waals surface area contributed by atoms with Gasteiger partial charge in [0.05, 0.1) is 0 Å². The van der Waals surface area contributed by atoms with Crippen LogP contribution < -0.4 is 0 Å². The van der Waals surface area contributed by atoms with Gasteiger partial charge in [-0.05, 0) is 0 Å². The van der Waals surface area contributed by atoms with Gasteiger partial charge in [-0.25, -0.2) is 0 Å². The van der Waals surface area contributed by atoms with Crippen molar-refractivity contribution >= 4 is 164 Å². The average Bonchev–Trinajstić information content (AvgIpc) is 2.36. The molecule has 0 aliphatic carbocycles. The lowest BCUT2D eigenvalue weighted by Gasteiger charge is -2.45. The second kappa shape index (κ2) is 11.3. The summed E-state index contributed by atoms with van der Waals surface area (Å²) in [6, 6.07) is 0. The van der Waals surface area contributed by atoms with E-state index >= 15 is 0 Å². The standard InChI is InChI=1S/B23H2/c1-13-19(12)22(18(10)11)23(20(14(2)3)15(4)5)21(16(6)7)17(8)9/h1-2H. The lowest BCUT2D eigenvalue weighted by Crippen LogP contribution is -2.83. The highest BCUT2D eigenvalue weighted by atomic mass is 13.3. The van der Waals surface area contributed by atoms with Crippen LogP contribution in [0.15, 0.2) is 0 Å². The Kier molecular flexibility index (Phi) is 12.0. The van der Waals surface area contributed by atoms with Gasteiger partial charge < -0.3 is 0 Å². The molecular weight excluding hydrogens is 249 g/mol. The fourth-order valence-corrected chi connectivity index (χ4v) is 3.29. The Labute approximate surface area is 163 Å². The molecule has 0 heterocycles. The van der Waals surface area contributed by atoms with Gasteiger partial charge in [0.1, 0.15) is 0 Å². The maximum absolute atomic E-state index is 6.11. The molecular formula is H2B23. The van der Waals surface area contributed by atoms with Crippen molar-refractivity contribution in [2.24, 2.45) is 0 Å². The summed E-state index contributed by atoms with van der Waals surface area (Å²) in [6.45, 7) is 0. The van der Waals surface area contributed by atoms with Crippen LogP contribution >= 0.6 is 0 Å². The van der Waals surface area contributed by atoms with Crippen molar-refractivity contribution in [2.75, 3.05) is 0 Å². The predicted molar refractivity (Wildman–Crippen MR) is 135 cm³/mol. The smallest absolute Gasteiger partial charge is 0.00000000000653 e. The molecule has 0 saturated carbocycles. The molecule has 23 heavy (non-hydrogen) atoms. The molecule has 0 unspecified atom stereocenters. The minimum Gasteiger partial charge on any atom is 0.00000000000653 e. The summed E-state index contributed by atoms with van der Waals surface area (Å²) in [6.07, 6.45) is -6.96. The highest BCUT2D eigenvalue weighted by Gasteiger charge is 2.47. The van der Waals surface area contributed by atoms with Crippen molar-refractivity contribution in [3.05, 3.63) is 0 Å². The topological polar surface area (TPSA) is 0 Å². The lowest BCUT2D eigenvalue weighted by atomic mass is 8.36. The molecule has 0 fully saturated rings. The summed E-state index contributed by atoms with van der Waals surface area (Å²) in [5.41, 5.74) is 0. The highest BCUT2D eigenvalue weighted by molar-refractivity contribution is 8.22. The SMILES string of the molecule is [B]B([B])B(B([B])[B])B(B(B([B])[B])B([B])[BH])B(B([B])[B])B([B])[B][BH]. The minimum absolute atomic E-state index is 0.546. The van der Waals surface area contributed by atoms with Crippen LogP contribution in [-0.4, -0.2) is 164 Å². The molecule has 0 saturated heterocycles. The van der Waals surface area contributed by atoms with Crippen LogP contribution in [0, 0.1) is 0 Å². The molecule has 0 aromatic carbocycles. The first-order valence-electron chi connectivity index (χ1n) is 7.48. The summed E-state index contributed by atoms with van der Waals surface area (Å²) in [5, 5.41) is 0. The largest absolute Gasteiger partial charge is 0.0322 e. The number of hydrogen-bond acceptors (Lipinski definition) is 0. The molecule has 0 atom stereocenters. The Bertz CT molecular complexity index is 261. The summed E-state index contributed by atoms with van der Waals surface area (Å²) >= 11 is 0. The molecule has 0 amide bonds. The first-order chi connectivity index (χ1) is 10.5. The average molecular weight is 251 g/mol. The molecule has 0 rings (SSSR count). The fourth-order valence-electron chi connectivity index (χ4n) is 3.29. The van der Waals surface area contributed by atoms with Crippen LogP contribution in [0.25, 0.3) is 0 Å². The molecule has 0 aliphatic heterocycles. The molecule has 71 valence electrons. The molecule has 0 N–H and O–H groups in total. The van der Waals surface area contributed by atoms with E-state index in [-0.39, 0.29) is 0 Å². The van der Waals surface area contributed by atoms with Crippen molar-refractivity contribution in [2.45, 2.75) is 0 Å². The summed E-state index contributed by atoms with van der Waals surface area (Å²) in [4.78, 5) is 0. The quantitative estimate of drug-likeness (QED) is 0.338. The molecule has 0 aromatic heterocycles. The first-order valence-corrected chi connectivity index (χ1v) is 7.48. The highest BCUT2D eigenvalue weighted by Crippen LogP contribution is 2.09. The normalized spacial score (nSPS) is 9.22. The Hall–Kier alpha value is 1.49. The second-order valence-corrected chi connectivity index (χ2v) is 6.10. The van der Waals surface area contributed by atoms with Crippen molar-refractivity contribution in [1.29, 1.82) is 0 Å². The van der Waals surface area contributed by atoms with Crippen LogP contribution in [0.2, 0.25) is 0 Å². The van der Waals surface area contributed by atoms with Crippen LogP contribution in [0.5, 0.6) is 0 Å². The zero-order chi connectivity index (χ0) is 18.5. The van der Waals surface area contributed by atoms with E-state index in [1.54, 1.807) is 0 Å². The van der Waals surface area contributed by atoms with E-state index in [9.17, 15) is 0 Å². The van der Waals surface area contributed by atoms with Gasteiger partial charge in [0.25, 0.3) is 0 Å². The summed E-state index contributed by atoms with van der Waals surface area (Å²) in [5.74, 6) is 0. The molecule has 0 bridgehead atoms. The Balaban J connectivity index is 6.12. The first kappa shape index (κ1) is 24.5. The number of rotatable bonds is 10. The third-order valence-electron chi connectivity index (χ3n) is 4.32. The van der Waals surface area contributed by atoms with Gasteiger partial charge in [-0.3, -0.25) is 0 Å². The van der Waals surface area contributed by atoms with E-state index < -0.39 is 63.9 Å². The van der Waals surface area contributed by atoms with Crippen LogP contribution in [0.3, 0.4) is 0 Å². The van der Waals surface area contributed by atoms with Crippen molar-refractivity contribution in [3.8, 4) is 0 Å². The second-order valence-electron chi connectivity index (χ2n) is 6.10. The van der Waals surface area contributed by atoms with Gasteiger partial charge in [0.2, 0.25) is 0 Å². The van der Waals surface area contributed by atoms with E-state index in [1.165, 1.54) is 7.06 Å². The van der Waals surface area contributed by atoms with Gasteiger partial charge in [-0.2, -0.15) is 0 Å². The lowest BCUT2D eigenvalue weighted by molar-refractivity contribution is 3.30. The third-order valence-corrected chi connectivity index (χ3v) is 4.32. The minimum atomic E-state index is -0.877. The van der Waals surface area contributed by atoms with E-state index in [0.29, 0.717) is 0 Å². The molecule has 0 aromatic rings. The van der Waals surface area contributed by atoms with Crippen molar-refractivity contribution < 1.29 is 0 Å². The monoisotopic (exact) mass is 255 g/mol. The van der Waals surface area contributed by atoms with Gasteiger partial charge >= 0.3 is 0 Å². The van der Waals surface area contributed by atoms with E-state index in [2.05, 4.69) is 15.5 Å². The zero-order valence-corrected chi connectivity index (χ0v) is 13.5. The van der Waals surface area contributed by atoms with E-state index in [0.717, 1.165) is 0 Å². The Morgan fingerprint density at radius 3 is 1.09 bits per heavy atom. The molecule has 0 nitrogen and oxygen atoms in total. The van der Waals surface area contributed by atoms with Crippen LogP contribution in [-0.2, 0) is 0 Å². The van der Waals surface area contributed by atoms with Crippen LogP contribution in [0.1, 0.15) is 0 Å². The zero-order valence-electron chi connectivity index (χ0n) is 13.5. The maximum Gasteiger partial charge on any atom is 0.0322 e. The van der Waals surface area contributed by atoms with Gasteiger partial charge in [0, 0.05) is 164 Å². The van der Waals surface area contributed by atoms with Crippen molar-refractivity contribution in [1.82, 2.24) is 0 Å². The summed E-state index contributed by atoms with van der Waals surface area (Å²) < 4.78 is 0. The number of hydrogen-bond donors (Lipinski definition) is 0.